The molecule has 0 fully saturated rings. The molecule has 0 unspecified atom stereocenters. The zero-order chi connectivity index (χ0) is 16.3. The van der Waals surface area contributed by atoms with Gasteiger partial charge in [0.05, 0.1) is 49.8 Å². The van der Waals surface area contributed by atoms with Crippen LogP contribution >= 0.6 is 0 Å². The Balaban J connectivity index is 2.28. The SMILES string of the molecule is Cc1ccccc1-n1nc(C)c(C(=O)NCC[NH+](C)C)c1C. The molecule has 0 aliphatic heterocycles. The van der Waals surface area contributed by atoms with E-state index in [-0.39, 0.29) is 5.91 Å². The molecular weight excluding hydrogens is 276 g/mol. The number of hydrogen-bond acceptors (Lipinski definition) is 2. The first-order chi connectivity index (χ1) is 10.4. The number of aryl methyl sites for hydroxylation is 2. The van der Waals surface area contributed by atoms with Gasteiger partial charge < -0.3 is 10.2 Å². The van der Waals surface area contributed by atoms with Crippen molar-refractivity contribution < 1.29 is 9.69 Å². The van der Waals surface area contributed by atoms with Gasteiger partial charge in [0, 0.05) is 0 Å². The second-order valence-corrected chi connectivity index (χ2v) is 5.96. The lowest BCUT2D eigenvalue weighted by Gasteiger charge is -2.10. The molecule has 118 valence electrons. The molecule has 0 atom stereocenters. The Morgan fingerprint density at radius 3 is 2.55 bits per heavy atom. The molecule has 5 nitrogen and oxygen atoms in total. The number of amides is 1. The highest BCUT2D eigenvalue weighted by Gasteiger charge is 2.19. The highest BCUT2D eigenvalue weighted by atomic mass is 16.1. The zero-order valence-corrected chi connectivity index (χ0v) is 14.0. The average Bonchev–Trinajstić information content (AvgIpc) is 2.74. The molecule has 1 amide bonds. The Hall–Kier alpha value is -2.14. The molecular formula is C17H25N4O+. The van der Waals surface area contributed by atoms with Crippen LogP contribution in [0, 0.1) is 20.8 Å². The van der Waals surface area contributed by atoms with Gasteiger partial charge in [-0.15, -0.1) is 0 Å². The van der Waals surface area contributed by atoms with Gasteiger partial charge >= 0.3 is 0 Å². The monoisotopic (exact) mass is 301 g/mol. The summed E-state index contributed by atoms with van der Waals surface area (Å²) in [6, 6.07) is 8.05. The number of nitrogens with zero attached hydrogens (tertiary/aromatic N) is 2. The number of benzene rings is 1. The Labute approximate surface area is 131 Å². The Kier molecular flexibility index (Phi) is 4.98. The third-order valence-corrected chi connectivity index (χ3v) is 3.77. The van der Waals surface area contributed by atoms with Gasteiger partial charge in [-0.1, -0.05) is 18.2 Å². The van der Waals surface area contributed by atoms with E-state index in [1.807, 2.05) is 49.7 Å². The molecule has 0 saturated heterocycles. The summed E-state index contributed by atoms with van der Waals surface area (Å²) in [7, 11) is 4.14. The number of quaternary nitrogens is 1. The van der Waals surface area contributed by atoms with Gasteiger partial charge in [0.2, 0.25) is 0 Å². The van der Waals surface area contributed by atoms with Gasteiger partial charge in [0.1, 0.15) is 0 Å². The van der Waals surface area contributed by atoms with Crippen molar-refractivity contribution >= 4 is 5.91 Å². The van der Waals surface area contributed by atoms with Crippen LogP contribution in [0.25, 0.3) is 5.69 Å². The predicted molar refractivity (Wildman–Crippen MR) is 87.8 cm³/mol. The summed E-state index contributed by atoms with van der Waals surface area (Å²) in [5.74, 6) is -0.0453. The van der Waals surface area contributed by atoms with Crippen LogP contribution in [0.4, 0.5) is 0 Å². The standard InChI is InChI=1S/C17H24N4O/c1-12-8-6-7-9-15(12)21-14(3)16(13(2)19-21)17(22)18-10-11-20(4)5/h6-9H,10-11H2,1-5H3,(H,18,22)/p+1. The van der Waals surface area contributed by atoms with E-state index in [0.717, 1.165) is 29.2 Å². The lowest BCUT2D eigenvalue weighted by atomic mass is 10.1. The van der Waals surface area contributed by atoms with E-state index in [4.69, 9.17) is 0 Å². The van der Waals surface area contributed by atoms with Gasteiger partial charge in [-0.05, 0) is 32.4 Å². The second kappa shape index (κ2) is 6.75. The quantitative estimate of drug-likeness (QED) is 0.853. The number of rotatable bonds is 5. The molecule has 0 aliphatic rings. The Morgan fingerprint density at radius 1 is 1.23 bits per heavy atom. The van der Waals surface area contributed by atoms with Gasteiger partial charge in [0.25, 0.3) is 5.91 Å². The van der Waals surface area contributed by atoms with Crippen molar-refractivity contribution in [3.63, 3.8) is 0 Å². The fourth-order valence-corrected chi connectivity index (χ4v) is 2.52. The van der Waals surface area contributed by atoms with Crippen molar-refractivity contribution in [2.45, 2.75) is 20.8 Å². The third-order valence-electron chi connectivity index (χ3n) is 3.77. The molecule has 0 spiro atoms. The first-order valence-corrected chi connectivity index (χ1v) is 7.61. The first-order valence-electron chi connectivity index (χ1n) is 7.61. The summed E-state index contributed by atoms with van der Waals surface area (Å²) >= 11 is 0. The van der Waals surface area contributed by atoms with Crippen molar-refractivity contribution in [3.05, 3.63) is 46.8 Å². The van der Waals surface area contributed by atoms with Crippen molar-refractivity contribution in [2.24, 2.45) is 0 Å². The van der Waals surface area contributed by atoms with Crippen molar-refractivity contribution in [3.8, 4) is 5.69 Å². The molecule has 2 N–H and O–H groups in total. The van der Waals surface area contributed by atoms with Gasteiger partial charge in [-0.2, -0.15) is 5.10 Å². The van der Waals surface area contributed by atoms with Crippen LogP contribution < -0.4 is 10.2 Å². The normalized spacial score (nSPS) is 11.0. The minimum atomic E-state index is -0.0453. The summed E-state index contributed by atoms with van der Waals surface area (Å²) in [5, 5.41) is 7.53. The number of para-hydroxylation sites is 1. The van der Waals surface area contributed by atoms with E-state index in [9.17, 15) is 4.79 Å². The predicted octanol–water partition coefficient (Wildman–Crippen LogP) is 0.672. The second-order valence-electron chi connectivity index (χ2n) is 5.96. The summed E-state index contributed by atoms with van der Waals surface area (Å²) in [4.78, 5) is 13.7. The highest BCUT2D eigenvalue weighted by Crippen LogP contribution is 2.20. The fraction of sp³-hybridized carbons (Fsp3) is 0.412. The largest absolute Gasteiger partial charge is 0.346 e. The van der Waals surface area contributed by atoms with Crippen molar-refractivity contribution in [1.82, 2.24) is 15.1 Å². The maximum absolute atomic E-state index is 12.4. The summed E-state index contributed by atoms with van der Waals surface area (Å²) < 4.78 is 1.86. The average molecular weight is 301 g/mol. The van der Waals surface area contributed by atoms with Gasteiger partial charge in [-0.25, -0.2) is 4.68 Å². The molecule has 0 bridgehead atoms. The van der Waals surface area contributed by atoms with E-state index in [1.54, 1.807) is 0 Å². The van der Waals surface area contributed by atoms with E-state index >= 15 is 0 Å². The minimum Gasteiger partial charge on any atom is -0.346 e. The molecule has 1 aromatic carbocycles. The fourth-order valence-electron chi connectivity index (χ4n) is 2.52. The van der Waals surface area contributed by atoms with E-state index < -0.39 is 0 Å². The molecule has 2 rings (SSSR count). The summed E-state index contributed by atoms with van der Waals surface area (Å²) in [5.41, 5.74) is 4.46. The third kappa shape index (κ3) is 3.36. The first kappa shape index (κ1) is 16.2. The Bertz CT molecular complexity index is 673. The van der Waals surface area contributed by atoms with Crippen LogP contribution in [0.5, 0.6) is 0 Å². The highest BCUT2D eigenvalue weighted by molar-refractivity contribution is 5.96. The Morgan fingerprint density at radius 2 is 1.91 bits per heavy atom. The van der Waals surface area contributed by atoms with Crippen LogP contribution in [-0.2, 0) is 0 Å². The summed E-state index contributed by atoms with van der Waals surface area (Å²) in [6.45, 7) is 7.43. The van der Waals surface area contributed by atoms with Crippen LogP contribution in [0.1, 0.15) is 27.3 Å². The molecule has 5 heteroatoms. The van der Waals surface area contributed by atoms with Crippen molar-refractivity contribution in [1.29, 1.82) is 0 Å². The molecule has 0 radical (unpaired) electrons. The molecule has 22 heavy (non-hydrogen) atoms. The molecule has 0 saturated carbocycles. The minimum absolute atomic E-state index is 0.0453. The summed E-state index contributed by atoms with van der Waals surface area (Å²) in [6.07, 6.45) is 0. The van der Waals surface area contributed by atoms with Gasteiger partial charge in [-0.3, -0.25) is 4.79 Å². The van der Waals surface area contributed by atoms with Crippen LogP contribution in [0.3, 0.4) is 0 Å². The van der Waals surface area contributed by atoms with E-state index in [2.05, 4.69) is 24.5 Å². The maximum atomic E-state index is 12.4. The molecule has 1 heterocycles. The number of carbonyl (C=O) groups excluding carboxylic acids is 1. The number of hydrogen-bond donors (Lipinski definition) is 2. The smallest absolute Gasteiger partial charge is 0.255 e. The van der Waals surface area contributed by atoms with Crippen LogP contribution in [-0.4, -0.2) is 42.9 Å². The molecule has 1 aromatic heterocycles. The topological polar surface area (TPSA) is 51.4 Å². The van der Waals surface area contributed by atoms with Gasteiger partial charge in [0.15, 0.2) is 0 Å². The lowest BCUT2D eigenvalue weighted by molar-refractivity contribution is -0.856. The lowest BCUT2D eigenvalue weighted by Crippen LogP contribution is -3.06. The molecule has 2 aromatic rings. The van der Waals surface area contributed by atoms with Crippen molar-refractivity contribution in [2.75, 3.05) is 27.2 Å². The number of aromatic nitrogens is 2. The number of carbonyl (C=O) groups is 1. The number of likely N-dealkylation sites (N-methyl/N-ethyl adjacent to an activating group) is 1. The zero-order valence-electron chi connectivity index (χ0n) is 14.0. The van der Waals surface area contributed by atoms with Crippen LogP contribution in [0.15, 0.2) is 24.3 Å². The van der Waals surface area contributed by atoms with Crippen LogP contribution in [0.2, 0.25) is 0 Å². The molecule has 0 aliphatic carbocycles. The maximum Gasteiger partial charge on any atom is 0.255 e. The number of nitrogens with one attached hydrogen (secondary N) is 2. The van der Waals surface area contributed by atoms with E-state index in [0.29, 0.717) is 12.1 Å². The van der Waals surface area contributed by atoms with E-state index in [1.165, 1.54) is 4.90 Å².